The number of hydrogen-bond donors (Lipinski definition) is 1. The summed E-state index contributed by atoms with van der Waals surface area (Å²) >= 11 is 0. The largest absolute Gasteiger partial charge is 0.493 e. The Balaban J connectivity index is 0.00000364. The number of ether oxygens (including phenoxy) is 3. The quantitative estimate of drug-likeness (QED) is 0.261. The molecule has 27 heavy (non-hydrogen) atoms. The van der Waals surface area contributed by atoms with Gasteiger partial charge in [-0.3, -0.25) is 4.99 Å². The van der Waals surface area contributed by atoms with E-state index in [0.717, 1.165) is 63.1 Å². The van der Waals surface area contributed by atoms with E-state index in [-0.39, 0.29) is 30.1 Å². The molecular weight excluding hydrogens is 457 g/mol. The minimum Gasteiger partial charge on any atom is -0.493 e. The maximum Gasteiger partial charge on any atom is 0.194 e. The van der Waals surface area contributed by atoms with Gasteiger partial charge in [0.05, 0.1) is 20.3 Å². The standard InChI is InChI=1S/C20H33N3O3.HI/c1-6-21-20(22-9-7-11-26-15(2)3)23-10-8-16-12-18(24-4)19(25-5)13-17(16)14-23;/h12-13,15H,6-11,14H2,1-5H3,(H,21,22);1H. The van der Waals surface area contributed by atoms with Crippen LogP contribution in [0.15, 0.2) is 17.1 Å². The SMILES string of the molecule is CCNC(=NCCCOC(C)C)N1CCc2cc(OC)c(OC)cc2C1.I. The van der Waals surface area contributed by atoms with Crippen LogP contribution in [0.2, 0.25) is 0 Å². The first-order chi connectivity index (χ1) is 12.6. The Labute approximate surface area is 180 Å². The third kappa shape index (κ3) is 7.03. The minimum absolute atomic E-state index is 0. The lowest BCUT2D eigenvalue weighted by Gasteiger charge is -2.32. The molecule has 0 amide bonds. The first-order valence-corrected chi connectivity index (χ1v) is 9.47. The molecule has 1 heterocycles. The zero-order valence-electron chi connectivity index (χ0n) is 17.2. The molecule has 0 saturated carbocycles. The van der Waals surface area contributed by atoms with Gasteiger partial charge in [0.2, 0.25) is 0 Å². The Hall–Kier alpha value is -1.22. The van der Waals surface area contributed by atoms with Gasteiger partial charge in [-0.1, -0.05) is 0 Å². The number of fused-ring (bicyclic) bond motifs is 1. The summed E-state index contributed by atoms with van der Waals surface area (Å²) in [4.78, 5) is 7.09. The van der Waals surface area contributed by atoms with Crippen LogP contribution >= 0.6 is 24.0 Å². The number of guanidine groups is 1. The fraction of sp³-hybridized carbons (Fsp3) is 0.650. The van der Waals surface area contributed by atoms with Gasteiger partial charge < -0.3 is 24.4 Å². The summed E-state index contributed by atoms with van der Waals surface area (Å²) < 4.78 is 16.5. The minimum atomic E-state index is 0. The summed E-state index contributed by atoms with van der Waals surface area (Å²) in [5.74, 6) is 2.55. The molecule has 0 fully saturated rings. The zero-order valence-corrected chi connectivity index (χ0v) is 19.5. The Morgan fingerprint density at radius 2 is 1.85 bits per heavy atom. The van der Waals surface area contributed by atoms with Gasteiger partial charge in [0.15, 0.2) is 17.5 Å². The van der Waals surface area contributed by atoms with Crippen molar-refractivity contribution in [2.45, 2.75) is 46.3 Å². The third-order valence-electron chi connectivity index (χ3n) is 4.37. The number of nitrogens with zero attached hydrogens (tertiary/aromatic N) is 2. The number of rotatable bonds is 8. The average Bonchev–Trinajstić information content (AvgIpc) is 2.65. The lowest BCUT2D eigenvalue weighted by Crippen LogP contribution is -2.44. The van der Waals surface area contributed by atoms with E-state index >= 15 is 0 Å². The van der Waals surface area contributed by atoms with E-state index in [0.29, 0.717) is 0 Å². The lowest BCUT2D eigenvalue weighted by atomic mass is 9.99. The fourth-order valence-electron chi connectivity index (χ4n) is 3.06. The predicted octanol–water partition coefficient (Wildman–Crippen LogP) is 3.46. The Kier molecular flexibility index (Phi) is 10.8. The highest BCUT2D eigenvalue weighted by molar-refractivity contribution is 14.0. The van der Waals surface area contributed by atoms with Crippen molar-refractivity contribution >= 4 is 29.9 Å². The number of nitrogens with one attached hydrogen (secondary N) is 1. The van der Waals surface area contributed by atoms with Crippen molar-refractivity contribution in [1.82, 2.24) is 10.2 Å². The molecule has 0 aromatic heterocycles. The van der Waals surface area contributed by atoms with Gasteiger partial charge in [0, 0.05) is 32.8 Å². The molecule has 7 heteroatoms. The molecule has 1 N–H and O–H groups in total. The van der Waals surface area contributed by atoms with E-state index in [1.807, 2.05) is 0 Å². The van der Waals surface area contributed by atoms with Gasteiger partial charge in [0.25, 0.3) is 0 Å². The summed E-state index contributed by atoms with van der Waals surface area (Å²) in [7, 11) is 3.36. The van der Waals surface area contributed by atoms with Crippen LogP contribution in [0.1, 0.15) is 38.3 Å². The molecule has 0 radical (unpaired) electrons. The molecule has 2 rings (SSSR count). The summed E-state index contributed by atoms with van der Waals surface area (Å²) in [6.45, 7) is 10.4. The van der Waals surface area contributed by atoms with Crippen LogP contribution in [0.3, 0.4) is 0 Å². The molecule has 0 bridgehead atoms. The third-order valence-corrected chi connectivity index (χ3v) is 4.37. The van der Waals surface area contributed by atoms with Gasteiger partial charge in [-0.25, -0.2) is 0 Å². The molecule has 1 aromatic rings. The number of halogens is 1. The number of benzene rings is 1. The molecule has 1 aromatic carbocycles. The number of methoxy groups -OCH3 is 2. The van der Waals surface area contributed by atoms with Crippen molar-refractivity contribution in [3.8, 4) is 11.5 Å². The summed E-state index contributed by atoms with van der Waals surface area (Å²) in [5.41, 5.74) is 2.59. The summed E-state index contributed by atoms with van der Waals surface area (Å²) in [5, 5.41) is 3.41. The first kappa shape index (κ1) is 23.8. The predicted molar refractivity (Wildman–Crippen MR) is 121 cm³/mol. The van der Waals surface area contributed by atoms with E-state index < -0.39 is 0 Å². The topological polar surface area (TPSA) is 55.3 Å². The van der Waals surface area contributed by atoms with Gasteiger partial charge >= 0.3 is 0 Å². The molecular formula is C20H34IN3O3. The molecule has 0 atom stereocenters. The van der Waals surface area contributed by atoms with Crippen LogP contribution in [0, 0.1) is 0 Å². The smallest absolute Gasteiger partial charge is 0.194 e. The van der Waals surface area contributed by atoms with E-state index in [4.69, 9.17) is 19.2 Å². The van der Waals surface area contributed by atoms with Crippen molar-refractivity contribution in [2.75, 3.05) is 40.5 Å². The average molecular weight is 491 g/mol. The van der Waals surface area contributed by atoms with Gasteiger partial charge in [0.1, 0.15) is 0 Å². The summed E-state index contributed by atoms with van der Waals surface area (Å²) in [6.07, 6.45) is 2.18. The lowest BCUT2D eigenvalue weighted by molar-refractivity contribution is 0.0782. The van der Waals surface area contributed by atoms with Crippen LogP contribution in [-0.4, -0.2) is 57.4 Å². The van der Waals surface area contributed by atoms with E-state index in [1.54, 1.807) is 14.2 Å². The van der Waals surface area contributed by atoms with E-state index in [1.165, 1.54) is 11.1 Å². The fourth-order valence-corrected chi connectivity index (χ4v) is 3.06. The second kappa shape index (κ2) is 12.3. The molecule has 0 spiro atoms. The molecule has 1 aliphatic heterocycles. The maximum absolute atomic E-state index is 5.59. The highest BCUT2D eigenvalue weighted by Crippen LogP contribution is 2.33. The Bertz CT molecular complexity index is 608. The van der Waals surface area contributed by atoms with Crippen molar-refractivity contribution in [1.29, 1.82) is 0 Å². The first-order valence-electron chi connectivity index (χ1n) is 9.47. The normalized spacial score (nSPS) is 13.9. The second-order valence-corrected chi connectivity index (χ2v) is 6.66. The molecule has 6 nitrogen and oxygen atoms in total. The second-order valence-electron chi connectivity index (χ2n) is 6.66. The van der Waals surface area contributed by atoms with Crippen LogP contribution in [0.4, 0.5) is 0 Å². The van der Waals surface area contributed by atoms with Gasteiger partial charge in [-0.05, 0) is 56.9 Å². The van der Waals surface area contributed by atoms with Gasteiger partial charge in [-0.2, -0.15) is 0 Å². The number of aliphatic imine (C=N–C) groups is 1. The molecule has 1 aliphatic rings. The van der Waals surface area contributed by atoms with Crippen molar-refractivity contribution in [3.63, 3.8) is 0 Å². The highest BCUT2D eigenvalue weighted by Gasteiger charge is 2.21. The Morgan fingerprint density at radius 1 is 1.19 bits per heavy atom. The molecule has 0 saturated heterocycles. The highest BCUT2D eigenvalue weighted by atomic mass is 127. The van der Waals surface area contributed by atoms with Crippen molar-refractivity contribution in [2.24, 2.45) is 4.99 Å². The zero-order chi connectivity index (χ0) is 18.9. The maximum atomic E-state index is 5.59. The summed E-state index contributed by atoms with van der Waals surface area (Å²) in [6, 6.07) is 4.18. The van der Waals surface area contributed by atoms with E-state index in [9.17, 15) is 0 Å². The van der Waals surface area contributed by atoms with Crippen LogP contribution in [0.5, 0.6) is 11.5 Å². The molecule has 154 valence electrons. The molecule has 0 unspecified atom stereocenters. The Morgan fingerprint density at radius 3 is 2.44 bits per heavy atom. The number of hydrogen-bond acceptors (Lipinski definition) is 4. The molecule has 0 aliphatic carbocycles. The van der Waals surface area contributed by atoms with Gasteiger partial charge in [-0.15, -0.1) is 24.0 Å². The van der Waals surface area contributed by atoms with Crippen molar-refractivity contribution in [3.05, 3.63) is 23.3 Å². The monoisotopic (exact) mass is 491 g/mol. The van der Waals surface area contributed by atoms with E-state index in [2.05, 4.69) is 43.1 Å². The van der Waals surface area contributed by atoms with Crippen LogP contribution in [0.25, 0.3) is 0 Å². The van der Waals surface area contributed by atoms with Crippen LogP contribution in [-0.2, 0) is 17.7 Å². The van der Waals surface area contributed by atoms with Crippen LogP contribution < -0.4 is 14.8 Å². The van der Waals surface area contributed by atoms with Crippen molar-refractivity contribution < 1.29 is 14.2 Å².